The molecule has 236 valence electrons. The minimum absolute atomic E-state index is 0.0641. The number of nitrogens with zero attached hydrogens (tertiary/aromatic N) is 5. The number of benzene rings is 1. The Morgan fingerprint density at radius 3 is 2.61 bits per heavy atom. The van der Waals surface area contributed by atoms with E-state index in [-0.39, 0.29) is 63.4 Å². The molecule has 3 N–H and O–H groups in total. The molecule has 44 heavy (non-hydrogen) atoms. The Morgan fingerprint density at radius 2 is 1.89 bits per heavy atom. The number of ether oxygens (including phenoxy) is 1. The third-order valence-electron chi connectivity index (χ3n) is 9.57. The van der Waals surface area contributed by atoms with Gasteiger partial charge in [-0.25, -0.2) is 13.8 Å². The van der Waals surface area contributed by atoms with Crippen molar-refractivity contribution in [2.75, 3.05) is 43.4 Å². The normalized spacial score (nSPS) is 27.0. The Hall–Kier alpha value is -3.03. The van der Waals surface area contributed by atoms with Crippen LogP contribution in [0.4, 0.5) is 33.6 Å². The summed E-state index contributed by atoms with van der Waals surface area (Å²) in [7, 11) is 0. The molecule has 4 aliphatic heterocycles. The molecular formula is C30H33ClF5N7O. The van der Waals surface area contributed by atoms with Gasteiger partial charge in [0, 0.05) is 43.5 Å². The fourth-order valence-corrected chi connectivity index (χ4v) is 7.94. The predicted octanol–water partition coefficient (Wildman–Crippen LogP) is 5.38. The van der Waals surface area contributed by atoms with Crippen molar-refractivity contribution >= 4 is 34.1 Å². The fraction of sp³-hybridized carbons (Fsp3) is 0.567. The van der Waals surface area contributed by atoms with Gasteiger partial charge in [-0.1, -0.05) is 11.6 Å². The van der Waals surface area contributed by atoms with Crippen molar-refractivity contribution < 1.29 is 26.7 Å². The van der Waals surface area contributed by atoms with E-state index in [9.17, 15) is 17.6 Å². The molecule has 0 unspecified atom stereocenters. The molecule has 4 atom stereocenters. The van der Waals surface area contributed by atoms with Crippen LogP contribution in [-0.4, -0.2) is 82.6 Å². The second-order valence-corrected chi connectivity index (χ2v) is 13.1. The van der Waals surface area contributed by atoms with Crippen LogP contribution in [0.1, 0.15) is 43.2 Å². The van der Waals surface area contributed by atoms with E-state index in [0.717, 1.165) is 32.2 Å². The number of hydrogen-bond acceptors (Lipinski definition) is 8. The first-order valence-corrected chi connectivity index (χ1v) is 15.3. The van der Waals surface area contributed by atoms with Crippen LogP contribution in [0.2, 0.25) is 5.02 Å². The SMILES string of the molecule is Cc1cc(N)nc(-c2c(Cl)cc3c(N4C[C@H]5CC[C@@H](C4)N5)nc(OC[C@@]45CCCN4C[C@H](F)C5)nc3c2F)c1CC(F)(F)F. The van der Waals surface area contributed by atoms with E-state index in [1.807, 2.05) is 0 Å². The maximum atomic E-state index is 16.7. The van der Waals surface area contributed by atoms with E-state index in [1.54, 1.807) is 0 Å². The number of aryl methyl sites for hydroxylation is 1. The van der Waals surface area contributed by atoms with E-state index in [0.29, 0.717) is 37.3 Å². The summed E-state index contributed by atoms with van der Waals surface area (Å²) >= 11 is 6.67. The van der Waals surface area contributed by atoms with Crippen LogP contribution in [0, 0.1) is 12.7 Å². The highest BCUT2D eigenvalue weighted by Crippen LogP contribution is 2.43. The Bertz CT molecular complexity index is 1610. The second kappa shape index (κ2) is 10.8. The van der Waals surface area contributed by atoms with Gasteiger partial charge in [-0.3, -0.25) is 4.90 Å². The molecule has 2 aromatic heterocycles. The highest BCUT2D eigenvalue weighted by atomic mass is 35.5. The average molecular weight is 638 g/mol. The number of piperazine rings is 1. The number of hydrogen-bond donors (Lipinski definition) is 2. The van der Waals surface area contributed by atoms with Gasteiger partial charge in [0.15, 0.2) is 5.82 Å². The molecule has 2 bridgehead atoms. The smallest absolute Gasteiger partial charge is 0.393 e. The van der Waals surface area contributed by atoms with E-state index in [2.05, 4.69) is 25.1 Å². The van der Waals surface area contributed by atoms with E-state index in [4.69, 9.17) is 27.1 Å². The van der Waals surface area contributed by atoms with Crippen molar-refractivity contribution in [3.63, 3.8) is 0 Å². The van der Waals surface area contributed by atoms with Crippen LogP contribution in [0.3, 0.4) is 0 Å². The lowest BCUT2D eigenvalue weighted by Crippen LogP contribution is -2.51. The van der Waals surface area contributed by atoms with Crippen LogP contribution in [0.5, 0.6) is 6.01 Å². The van der Waals surface area contributed by atoms with Crippen LogP contribution < -0.4 is 20.7 Å². The topological polar surface area (TPSA) is 92.4 Å². The number of alkyl halides is 4. The highest BCUT2D eigenvalue weighted by molar-refractivity contribution is 6.34. The van der Waals surface area contributed by atoms with Gasteiger partial charge in [0.2, 0.25) is 0 Å². The number of pyridine rings is 1. The number of aromatic nitrogens is 3. The molecule has 0 spiro atoms. The molecule has 3 aromatic rings. The molecule has 14 heteroatoms. The summed E-state index contributed by atoms with van der Waals surface area (Å²) in [6.45, 7) is 3.97. The van der Waals surface area contributed by atoms with Gasteiger partial charge in [-0.05, 0) is 62.4 Å². The number of halogens is 6. The first kappa shape index (κ1) is 29.7. The average Bonchev–Trinajstić information content (AvgIpc) is 3.59. The number of nitrogen functional groups attached to an aromatic ring is 1. The summed E-state index contributed by atoms with van der Waals surface area (Å²) in [5.74, 6) is -0.574. The number of fused-ring (bicyclic) bond motifs is 4. The third kappa shape index (κ3) is 5.30. The molecule has 8 nitrogen and oxygen atoms in total. The van der Waals surface area contributed by atoms with Crippen LogP contribution >= 0.6 is 11.6 Å². The summed E-state index contributed by atoms with van der Waals surface area (Å²) in [5.41, 5.74) is 4.68. The molecule has 0 radical (unpaired) electrons. The monoisotopic (exact) mass is 637 g/mol. The van der Waals surface area contributed by atoms with Gasteiger partial charge in [-0.15, -0.1) is 0 Å². The van der Waals surface area contributed by atoms with Crippen molar-refractivity contribution in [2.45, 2.75) is 75.4 Å². The quantitative estimate of drug-likeness (QED) is 0.349. The summed E-state index contributed by atoms with van der Waals surface area (Å²) in [6.07, 6.45) is -2.84. The van der Waals surface area contributed by atoms with Gasteiger partial charge in [0.25, 0.3) is 0 Å². The Labute approximate surface area is 256 Å². The van der Waals surface area contributed by atoms with Crippen molar-refractivity contribution in [3.05, 3.63) is 34.1 Å². The third-order valence-corrected chi connectivity index (χ3v) is 9.87. The highest BCUT2D eigenvalue weighted by Gasteiger charge is 2.49. The summed E-state index contributed by atoms with van der Waals surface area (Å²) in [5, 5.41) is 3.74. The Morgan fingerprint density at radius 1 is 1.14 bits per heavy atom. The zero-order valence-corrected chi connectivity index (χ0v) is 24.9. The number of rotatable bonds is 6. The lowest BCUT2D eigenvalue weighted by atomic mass is 9.95. The Balaban J connectivity index is 1.36. The molecule has 0 amide bonds. The Kier molecular flexibility index (Phi) is 7.28. The van der Waals surface area contributed by atoms with Gasteiger partial charge < -0.3 is 20.7 Å². The number of nitrogens with two attached hydrogens (primary N) is 1. The van der Waals surface area contributed by atoms with Crippen LogP contribution in [-0.2, 0) is 6.42 Å². The summed E-state index contributed by atoms with van der Waals surface area (Å²) in [6, 6.07) is 3.19. The summed E-state index contributed by atoms with van der Waals surface area (Å²) in [4.78, 5) is 17.5. The lowest BCUT2D eigenvalue weighted by molar-refractivity contribution is -0.127. The molecule has 4 saturated heterocycles. The van der Waals surface area contributed by atoms with E-state index >= 15 is 4.39 Å². The molecular weight excluding hydrogens is 605 g/mol. The molecule has 0 saturated carbocycles. The standard InChI is InChI=1S/C30H33ClF5N7O/c1-15-7-22(37)39-25(20(15)10-30(34,35)36)23-21(31)8-19-26(24(23)33)40-28(41-27(19)42-12-17-3-4-18(13-42)38-17)44-14-29-5-2-6-43(29)11-16(32)9-29/h7-8,16-18,38H,2-6,9-14H2,1H3,(H2,37,39)/t16-,17-,18+,29+/m1/s1. The van der Waals surface area contributed by atoms with Gasteiger partial charge in [0.05, 0.1) is 28.2 Å². The lowest BCUT2D eigenvalue weighted by Gasteiger charge is -2.34. The second-order valence-electron chi connectivity index (χ2n) is 12.7. The zero-order chi connectivity index (χ0) is 31.0. The fourth-order valence-electron chi connectivity index (χ4n) is 7.66. The van der Waals surface area contributed by atoms with Crippen LogP contribution in [0.15, 0.2) is 12.1 Å². The maximum Gasteiger partial charge on any atom is 0.393 e. The number of nitrogens with one attached hydrogen (secondary N) is 1. The first-order valence-electron chi connectivity index (χ1n) is 14.9. The zero-order valence-electron chi connectivity index (χ0n) is 24.2. The molecule has 0 aliphatic carbocycles. The molecule has 1 aromatic carbocycles. The molecule has 7 rings (SSSR count). The van der Waals surface area contributed by atoms with E-state index < -0.39 is 30.1 Å². The van der Waals surface area contributed by atoms with Crippen molar-refractivity contribution in [2.24, 2.45) is 0 Å². The predicted molar refractivity (Wildman–Crippen MR) is 157 cm³/mol. The van der Waals surface area contributed by atoms with E-state index in [1.165, 1.54) is 19.1 Å². The first-order chi connectivity index (χ1) is 20.9. The minimum atomic E-state index is -4.58. The van der Waals surface area contributed by atoms with Crippen molar-refractivity contribution in [1.29, 1.82) is 0 Å². The van der Waals surface area contributed by atoms with Crippen LogP contribution in [0.25, 0.3) is 22.2 Å². The van der Waals surface area contributed by atoms with Crippen molar-refractivity contribution in [1.82, 2.24) is 25.2 Å². The molecule has 6 heterocycles. The number of anilines is 2. The van der Waals surface area contributed by atoms with Crippen molar-refractivity contribution in [3.8, 4) is 17.3 Å². The molecule has 4 aliphatic rings. The van der Waals surface area contributed by atoms with Gasteiger partial charge >= 0.3 is 12.2 Å². The minimum Gasteiger partial charge on any atom is -0.461 e. The van der Waals surface area contributed by atoms with Gasteiger partial charge in [-0.2, -0.15) is 23.1 Å². The molecule has 4 fully saturated rings. The summed E-state index contributed by atoms with van der Waals surface area (Å²) < 4.78 is 78.1. The maximum absolute atomic E-state index is 16.7. The largest absolute Gasteiger partial charge is 0.461 e. The van der Waals surface area contributed by atoms with Gasteiger partial charge in [0.1, 0.15) is 29.9 Å².